The number of carbonyl (C=O) groups excluding carboxylic acids is 1. The molecule has 0 saturated heterocycles. The van der Waals surface area contributed by atoms with E-state index in [1.54, 1.807) is 0 Å². The van der Waals surface area contributed by atoms with Gasteiger partial charge in [0.15, 0.2) is 0 Å². The van der Waals surface area contributed by atoms with Gasteiger partial charge in [-0.25, -0.2) is 4.79 Å². The number of rotatable bonds is 8. The van der Waals surface area contributed by atoms with Crippen molar-refractivity contribution in [3.8, 4) is 0 Å². The maximum absolute atomic E-state index is 12.1. The third-order valence-electron chi connectivity index (χ3n) is 4.08. The van der Waals surface area contributed by atoms with Crippen LogP contribution < -0.4 is 10.6 Å². The van der Waals surface area contributed by atoms with E-state index in [0.29, 0.717) is 13.0 Å². The van der Waals surface area contributed by atoms with Crippen molar-refractivity contribution >= 4 is 11.9 Å². The molecule has 0 bridgehead atoms. The van der Waals surface area contributed by atoms with E-state index in [1.165, 1.54) is 13.5 Å². The zero-order valence-electron chi connectivity index (χ0n) is 12.4. The molecule has 1 atom stereocenters. The van der Waals surface area contributed by atoms with Gasteiger partial charge in [0.2, 0.25) is 5.91 Å². The van der Waals surface area contributed by atoms with Crippen molar-refractivity contribution in [2.75, 3.05) is 20.8 Å². The van der Waals surface area contributed by atoms with Crippen LogP contribution in [-0.2, 0) is 14.3 Å². The normalized spacial score (nSPS) is 19.3. The highest BCUT2D eigenvalue weighted by atomic mass is 16.5. The maximum Gasteiger partial charge on any atom is 0.326 e. The van der Waals surface area contributed by atoms with Crippen LogP contribution >= 0.6 is 0 Å². The van der Waals surface area contributed by atoms with E-state index in [1.807, 2.05) is 7.05 Å². The van der Waals surface area contributed by atoms with Crippen LogP contribution in [0.15, 0.2) is 0 Å². The first-order chi connectivity index (χ1) is 9.53. The number of aliphatic carboxylic acids is 1. The largest absolute Gasteiger partial charge is 0.480 e. The number of carbonyl (C=O) groups is 2. The smallest absolute Gasteiger partial charge is 0.326 e. The minimum atomic E-state index is -1.02. The fraction of sp³-hybridized carbons (Fsp3) is 0.857. The van der Waals surface area contributed by atoms with Crippen molar-refractivity contribution in [1.82, 2.24) is 10.6 Å². The lowest BCUT2D eigenvalue weighted by Gasteiger charge is -2.36. The summed E-state index contributed by atoms with van der Waals surface area (Å²) in [6.45, 7) is 0.314. The topological polar surface area (TPSA) is 87.7 Å². The number of hydrogen-bond acceptors (Lipinski definition) is 4. The number of nitrogens with one attached hydrogen (secondary N) is 2. The number of amides is 1. The molecule has 0 radical (unpaired) electrons. The summed E-state index contributed by atoms with van der Waals surface area (Å²) in [5.74, 6) is -1.22. The predicted molar refractivity (Wildman–Crippen MR) is 75.6 cm³/mol. The molecule has 6 heteroatoms. The Balaban J connectivity index is 2.53. The molecular weight excluding hydrogens is 260 g/mol. The van der Waals surface area contributed by atoms with E-state index in [2.05, 4.69) is 10.6 Å². The van der Waals surface area contributed by atoms with Crippen LogP contribution in [0.1, 0.15) is 44.9 Å². The van der Waals surface area contributed by atoms with Gasteiger partial charge in [-0.05, 0) is 19.9 Å². The molecule has 3 N–H and O–H groups in total. The summed E-state index contributed by atoms with van der Waals surface area (Å²) in [6.07, 6.45) is 5.97. The molecule has 0 aliphatic heterocycles. The van der Waals surface area contributed by atoms with Gasteiger partial charge < -0.3 is 20.5 Å². The van der Waals surface area contributed by atoms with Gasteiger partial charge in [0.1, 0.15) is 6.04 Å². The van der Waals surface area contributed by atoms with Crippen LogP contribution in [0.5, 0.6) is 0 Å². The highest BCUT2D eigenvalue weighted by Crippen LogP contribution is 2.30. The molecule has 1 aliphatic rings. The van der Waals surface area contributed by atoms with Gasteiger partial charge in [-0.1, -0.05) is 19.3 Å². The van der Waals surface area contributed by atoms with Gasteiger partial charge in [-0.2, -0.15) is 0 Å². The Hall–Kier alpha value is -1.14. The minimum Gasteiger partial charge on any atom is -0.480 e. The Bertz CT molecular complexity index is 327. The second-order valence-corrected chi connectivity index (χ2v) is 5.51. The van der Waals surface area contributed by atoms with E-state index in [9.17, 15) is 9.59 Å². The number of methoxy groups -OCH3 is 1. The molecule has 0 aromatic heterocycles. The molecule has 1 aliphatic carbocycles. The Morgan fingerprint density at radius 3 is 2.45 bits per heavy atom. The molecule has 1 fully saturated rings. The first-order valence-electron chi connectivity index (χ1n) is 7.23. The average Bonchev–Trinajstić information content (AvgIpc) is 2.44. The van der Waals surface area contributed by atoms with E-state index in [4.69, 9.17) is 9.84 Å². The van der Waals surface area contributed by atoms with E-state index in [0.717, 1.165) is 25.7 Å². The number of ether oxygens (including phenoxy) is 1. The predicted octanol–water partition coefficient (Wildman–Crippen LogP) is 0.905. The molecule has 1 unspecified atom stereocenters. The summed E-state index contributed by atoms with van der Waals surface area (Å²) in [4.78, 5) is 23.2. The van der Waals surface area contributed by atoms with E-state index < -0.39 is 12.0 Å². The Labute approximate surface area is 120 Å². The van der Waals surface area contributed by atoms with Gasteiger partial charge in [-0.3, -0.25) is 4.79 Å². The molecule has 0 aromatic rings. The third kappa shape index (κ3) is 5.09. The number of carboxylic acids is 1. The second-order valence-electron chi connectivity index (χ2n) is 5.51. The minimum absolute atomic E-state index is 0.174. The zero-order chi connectivity index (χ0) is 15.0. The van der Waals surface area contributed by atoms with Crippen molar-refractivity contribution in [1.29, 1.82) is 0 Å². The van der Waals surface area contributed by atoms with Crippen molar-refractivity contribution in [2.45, 2.75) is 56.5 Å². The maximum atomic E-state index is 12.1. The number of hydrogen-bond donors (Lipinski definition) is 3. The monoisotopic (exact) mass is 286 g/mol. The van der Waals surface area contributed by atoms with E-state index in [-0.39, 0.29) is 17.9 Å². The van der Waals surface area contributed by atoms with Crippen molar-refractivity contribution in [3.63, 3.8) is 0 Å². The zero-order valence-corrected chi connectivity index (χ0v) is 12.4. The first-order valence-corrected chi connectivity index (χ1v) is 7.23. The first kappa shape index (κ1) is 16.9. The van der Waals surface area contributed by atoms with E-state index >= 15 is 0 Å². The molecule has 1 rings (SSSR count). The summed E-state index contributed by atoms with van der Waals surface area (Å²) in [5.41, 5.74) is -0.174. The van der Waals surface area contributed by atoms with Crippen LogP contribution in [0, 0.1) is 0 Å². The Morgan fingerprint density at radius 1 is 1.30 bits per heavy atom. The fourth-order valence-corrected chi connectivity index (χ4v) is 2.79. The molecule has 0 spiro atoms. The van der Waals surface area contributed by atoms with Gasteiger partial charge >= 0.3 is 5.97 Å². The highest BCUT2D eigenvalue weighted by molar-refractivity contribution is 5.84. The lowest BCUT2D eigenvalue weighted by atomic mass is 9.79. The lowest BCUT2D eigenvalue weighted by molar-refractivity contribution is -0.142. The van der Waals surface area contributed by atoms with Crippen LogP contribution in [0.25, 0.3) is 0 Å². The molecular formula is C14H26N2O4. The average molecular weight is 286 g/mol. The summed E-state index contributed by atoms with van der Waals surface area (Å²) in [7, 11) is 3.39. The molecule has 0 heterocycles. The summed E-state index contributed by atoms with van der Waals surface area (Å²) >= 11 is 0. The van der Waals surface area contributed by atoms with Gasteiger partial charge in [0, 0.05) is 32.1 Å². The fourth-order valence-electron chi connectivity index (χ4n) is 2.79. The van der Waals surface area contributed by atoms with Crippen molar-refractivity contribution in [2.24, 2.45) is 0 Å². The summed E-state index contributed by atoms with van der Waals surface area (Å²) < 4.78 is 4.87. The SMILES string of the molecule is CNC1(CC(=O)NC(CCOC)C(=O)O)CCCCC1. The molecule has 116 valence electrons. The third-order valence-corrected chi connectivity index (χ3v) is 4.08. The molecule has 6 nitrogen and oxygen atoms in total. The Kier molecular flexibility index (Phi) is 6.95. The van der Waals surface area contributed by atoms with Gasteiger partial charge in [-0.15, -0.1) is 0 Å². The molecule has 20 heavy (non-hydrogen) atoms. The lowest BCUT2D eigenvalue weighted by Crippen LogP contribution is -2.50. The second kappa shape index (κ2) is 8.21. The Morgan fingerprint density at radius 2 is 1.95 bits per heavy atom. The van der Waals surface area contributed by atoms with Crippen LogP contribution in [-0.4, -0.2) is 49.3 Å². The van der Waals surface area contributed by atoms with Crippen molar-refractivity contribution in [3.05, 3.63) is 0 Å². The van der Waals surface area contributed by atoms with Gasteiger partial charge in [0.05, 0.1) is 0 Å². The number of carboxylic acid groups (broad SMARTS) is 1. The standard InChI is InChI=1S/C14H26N2O4/c1-15-14(7-4-3-5-8-14)10-12(17)16-11(13(18)19)6-9-20-2/h11,15H,3-10H2,1-2H3,(H,16,17)(H,18,19). The quantitative estimate of drug-likeness (QED) is 0.617. The molecule has 1 saturated carbocycles. The molecule has 0 aromatic carbocycles. The van der Waals surface area contributed by atoms with Gasteiger partial charge in [0.25, 0.3) is 0 Å². The highest BCUT2D eigenvalue weighted by Gasteiger charge is 2.33. The van der Waals surface area contributed by atoms with Crippen LogP contribution in [0.4, 0.5) is 0 Å². The summed E-state index contributed by atoms with van der Waals surface area (Å²) in [6, 6.07) is -0.875. The summed E-state index contributed by atoms with van der Waals surface area (Å²) in [5, 5.41) is 15.0. The van der Waals surface area contributed by atoms with Crippen LogP contribution in [0.3, 0.4) is 0 Å². The van der Waals surface area contributed by atoms with Crippen molar-refractivity contribution < 1.29 is 19.4 Å². The van der Waals surface area contributed by atoms with Crippen LogP contribution in [0.2, 0.25) is 0 Å². The molecule has 1 amide bonds.